The van der Waals surface area contributed by atoms with E-state index in [0.29, 0.717) is 6.61 Å². The highest BCUT2D eigenvalue weighted by Crippen LogP contribution is 2.13. The summed E-state index contributed by atoms with van der Waals surface area (Å²) in [6.45, 7) is 0.538. The van der Waals surface area contributed by atoms with E-state index in [1.54, 1.807) is 12.4 Å². The van der Waals surface area contributed by atoms with Crippen LogP contribution in [0.2, 0.25) is 0 Å². The lowest BCUT2D eigenvalue weighted by molar-refractivity contribution is 0.305. The van der Waals surface area contributed by atoms with Gasteiger partial charge in [0.2, 0.25) is 0 Å². The van der Waals surface area contributed by atoms with E-state index in [1.165, 1.54) is 0 Å². The second kappa shape index (κ2) is 4.94. The molecule has 76 valence electrons. The minimum absolute atomic E-state index is 0.538. The van der Waals surface area contributed by atoms with Crippen LogP contribution in [0.4, 0.5) is 0 Å². The number of aromatic nitrogens is 1. The number of pyridine rings is 1. The monoisotopic (exact) mass is 263 g/mol. The van der Waals surface area contributed by atoms with E-state index in [4.69, 9.17) is 4.74 Å². The van der Waals surface area contributed by atoms with Crippen molar-refractivity contribution in [3.05, 3.63) is 58.8 Å². The highest BCUT2D eigenvalue weighted by atomic mass is 79.9. The van der Waals surface area contributed by atoms with Crippen LogP contribution in [0.5, 0.6) is 5.75 Å². The number of nitrogens with zero attached hydrogens (tertiary/aromatic N) is 1. The summed E-state index contributed by atoms with van der Waals surface area (Å²) >= 11 is 3.37. The van der Waals surface area contributed by atoms with Crippen molar-refractivity contribution >= 4 is 15.9 Å². The fourth-order valence-corrected chi connectivity index (χ4v) is 1.63. The Labute approximate surface area is 97.1 Å². The first kappa shape index (κ1) is 10.2. The average Bonchev–Trinajstić information content (AvgIpc) is 2.28. The summed E-state index contributed by atoms with van der Waals surface area (Å²) in [6.07, 6.45) is 3.56. The van der Waals surface area contributed by atoms with Crippen molar-refractivity contribution in [3.63, 3.8) is 0 Å². The maximum absolute atomic E-state index is 5.59. The molecule has 0 fully saturated rings. The van der Waals surface area contributed by atoms with Gasteiger partial charge in [-0.3, -0.25) is 4.98 Å². The smallest absolute Gasteiger partial charge is 0.119 e. The summed E-state index contributed by atoms with van der Waals surface area (Å²) < 4.78 is 6.56. The Bertz CT molecular complexity index is 431. The average molecular weight is 264 g/mol. The highest BCUT2D eigenvalue weighted by Gasteiger charge is 1.96. The van der Waals surface area contributed by atoms with Crippen molar-refractivity contribution in [1.29, 1.82) is 0 Å². The Hall–Kier alpha value is -1.35. The van der Waals surface area contributed by atoms with E-state index < -0.39 is 0 Å². The lowest BCUT2D eigenvalue weighted by Crippen LogP contribution is -1.95. The summed E-state index contributed by atoms with van der Waals surface area (Å²) in [7, 11) is 0. The van der Waals surface area contributed by atoms with Crippen molar-refractivity contribution in [2.75, 3.05) is 0 Å². The number of halogens is 1. The Balaban J connectivity index is 1.99. The molecule has 0 spiro atoms. The molecule has 0 atom stereocenters. The van der Waals surface area contributed by atoms with Crippen LogP contribution in [-0.2, 0) is 6.61 Å². The zero-order valence-corrected chi connectivity index (χ0v) is 9.65. The zero-order valence-electron chi connectivity index (χ0n) is 8.06. The van der Waals surface area contributed by atoms with Crippen LogP contribution in [0, 0.1) is 0 Å². The van der Waals surface area contributed by atoms with Crippen LogP contribution in [0.25, 0.3) is 0 Å². The Morgan fingerprint density at radius 2 is 1.93 bits per heavy atom. The van der Waals surface area contributed by atoms with Crippen molar-refractivity contribution in [1.82, 2.24) is 4.98 Å². The molecular weight excluding hydrogens is 254 g/mol. The molecule has 1 aromatic heterocycles. The molecule has 0 saturated carbocycles. The number of para-hydroxylation sites is 1. The number of benzene rings is 1. The van der Waals surface area contributed by atoms with Crippen molar-refractivity contribution < 1.29 is 4.74 Å². The van der Waals surface area contributed by atoms with Crippen molar-refractivity contribution in [2.24, 2.45) is 0 Å². The maximum atomic E-state index is 5.59. The van der Waals surface area contributed by atoms with Gasteiger partial charge in [-0.15, -0.1) is 0 Å². The number of rotatable bonds is 3. The molecule has 1 aromatic carbocycles. The molecule has 0 unspecified atom stereocenters. The third-order valence-corrected chi connectivity index (χ3v) is 2.34. The first-order valence-corrected chi connectivity index (χ1v) is 5.41. The topological polar surface area (TPSA) is 22.1 Å². The second-order valence-corrected chi connectivity index (χ2v) is 4.03. The van der Waals surface area contributed by atoms with E-state index in [-0.39, 0.29) is 0 Å². The molecule has 0 radical (unpaired) electrons. The second-order valence-electron chi connectivity index (χ2n) is 3.11. The van der Waals surface area contributed by atoms with Crippen LogP contribution >= 0.6 is 15.9 Å². The van der Waals surface area contributed by atoms with E-state index in [2.05, 4.69) is 20.9 Å². The van der Waals surface area contributed by atoms with Crippen LogP contribution in [0.15, 0.2) is 53.3 Å². The summed E-state index contributed by atoms with van der Waals surface area (Å²) in [5.74, 6) is 0.873. The van der Waals surface area contributed by atoms with Gasteiger partial charge in [0, 0.05) is 22.4 Å². The molecule has 2 aromatic rings. The third kappa shape index (κ3) is 3.06. The SMILES string of the molecule is Brc1cncc(COc2ccccc2)c1. The predicted molar refractivity (Wildman–Crippen MR) is 62.7 cm³/mol. The molecule has 0 aliphatic carbocycles. The molecule has 0 saturated heterocycles. The van der Waals surface area contributed by atoms with Crippen molar-refractivity contribution in [3.8, 4) is 5.75 Å². The summed E-state index contributed by atoms with van der Waals surface area (Å²) in [5.41, 5.74) is 1.05. The van der Waals surface area contributed by atoms with Crippen LogP contribution in [0.1, 0.15) is 5.56 Å². The Kier molecular flexibility index (Phi) is 3.35. The van der Waals surface area contributed by atoms with Gasteiger partial charge in [-0.1, -0.05) is 18.2 Å². The zero-order chi connectivity index (χ0) is 10.5. The number of ether oxygens (including phenoxy) is 1. The molecule has 15 heavy (non-hydrogen) atoms. The molecular formula is C12H10BrNO. The Morgan fingerprint density at radius 3 is 2.67 bits per heavy atom. The van der Waals surface area contributed by atoms with Gasteiger partial charge in [0.05, 0.1) is 0 Å². The van der Waals surface area contributed by atoms with Crippen LogP contribution in [0.3, 0.4) is 0 Å². The molecule has 2 nitrogen and oxygen atoms in total. The lowest BCUT2D eigenvalue weighted by Gasteiger charge is -2.05. The third-order valence-electron chi connectivity index (χ3n) is 1.91. The van der Waals surface area contributed by atoms with Gasteiger partial charge >= 0.3 is 0 Å². The summed E-state index contributed by atoms with van der Waals surface area (Å²) in [4.78, 5) is 4.07. The minimum Gasteiger partial charge on any atom is -0.489 e. The molecule has 2 rings (SSSR count). The minimum atomic E-state index is 0.538. The van der Waals surface area contributed by atoms with Crippen molar-refractivity contribution in [2.45, 2.75) is 6.61 Å². The molecule has 1 heterocycles. The first-order valence-electron chi connectivity index (χ1n) is 4.62. The first-order chi connectivity index (χ1) is 7.34. The highest BCUT2D eigenvalue weighted by molar-refractivity contribution is 9.10. The van der Waals surface area contributed by atoms with Gasteiger partial charge in [0.25, 0.3) is 0 Å². The molecule has 0 amide bonds. The fraction of sp³-hybridized carbons (Fsp3) is 0.0833. The largest absolute Gasteiger partial charge is 0.489 e. The van der Waals surface area contributed by atoms with Gasteiger partial charge in [-0.2, -0.15) is 0 Å². The van der Waals surface area contributed by atoms with Gasteiger partial charge in [0.15, 0.2) is 0 Å². The van der Waals surface area contributed by atoms with Crippen LogP contribution in [-0.4, -0.2) is 4.98 Å². The van der Waals surface area contributed by atoms with Gasteiger partial charge in [-0.05, 0) is 34.1 Å². The Morgan fingerprint density at radius 1 is 1.13 bits per heavy atom. The molecule has 0 aliphatic rings. The van der Waals surface area contributed by atoms with Gasteiger partial charge in [-0.25, -0.2) is 0 Å². The van der Waals surface area contributed by atoms with E-state index >= 15 is 0 Å². The van der Waals surface area contributed by atoms with Crippen LogP contribution < -0.4 is 4.74 Å². The molecule has 3 heteroatoms. The van der Waals surface area contributed by atoms with E-state index in [0.717, 1.165) is 15.8 Å². The molecule has 0 bridgehead atoms. The normalized spacial score (nSPS) is 9.93. The van der Waals surface area contributed by atoms with Gasteiger partial charge in [0.1, 0.15) is 12.4 Å². The fourth-order valence-electron chi connectivity index (χ4n) is 1.22. The number of hydrogen-bond acceptors (Lipinski definition) is 2. The molecule has 0 aliphatic heterocycles. The predicted octanol–water partition coefficient (Wildman–Crippen LogP) is 3.42. The van der Waals surface area contributed by atoms with E-state index in [9.17, 15) is 0 Å². The summed E-state index contributed by atoms with van der Waals surface area (Å²) in [5, 5.41) is 0. The van der Waals surface area contributed by atoms with Gasteiger partial charge < -0.3 is 4.74 Å². The quantitative estimate of drug-likeness (QED) is 0.847. The van der Waals surface area contributed by atoms with E-state index in [1.807, 2.05) is 36.4 Å². The molecule has 0 N–H and O–H groups in total. The number of hydrogen-bond donors (Lipinski definition) is 0. The maximum Gasteiger partial charge on any atom is 0.119 e. The standard InChI is InChI=1S/C12H10BrNO/c13-11-6-10(7-14-8-11)9-15-12-4-2-1-3-5-12/h1-8H,9H2. The lowest BCUT2D eigenvalue weighted by atomic mass is 10.3. The summed E-state index contributed by atoms with van der Waals surface area (Å²) in [6, 6.07) is 11.7.